The van der Waals surface area contributed by atoms with E-state index in [4.69, 9.17) is 15.2 Å². The molecule has 5 heteroatoms. The Morgan fingerprint density at radius 3 is 2.60 bits per heavy atom. The van der Waals surface area contributed by atoms with Crippen molar-refractivity contribution in [1.29, 1.82) is 0 Å². The van der Waals surface area contributed by atoms with Gasteiger partial charge in [-0.1, -0.05) is 15.9 Å². The van der Waals surface area contributed by atoms with Crippen molar-refractivity contribution >= 4 is 27.3 Å². The van der Waals surface area contributed by atoms with Gasteiger partial charge in [-0.3, -0.25) is 0 Å². The van der Waals surface area contributed by atoms with Gasteiger partial charge in [0.2, 0.25) is 0 Å². The van der Waals surface area contributed by atoms with Gasteiger partial charge in [0.25, 0.3) is 0 Å². The number of hydrogen-bond donors (Lipinski definition) is 1. The molecule has 0 radical (unpaired) electrons. The molecule has 1 atom stereocenters. The predicted octanol–water partition coefficient (Wildman–Crippen LogP) is 4.03. The molecule has 0 aliphatic carbocycles. The van der Waals surface area contributed by atoms with Gasteiger partial charge in [0.15, 0.2) is 11.5 Å². The molecule has 0 amide bonds. The summed E-state index contributed by atoms with van der Waals surface area (Å²) in [5.41, 5.74) is 8.67. The van der Waals surface area contributed by atoms with Crippen LogP contribution >= 0.6 is 27.3 Å². The summed E-state index contributed by atoms with van der Waals surface area (Å²) < 4.78 is 12.4. The van der Waals surface area contributed by atoms with Crippen LogP contribution in [-0.2, 0) is 0 Å². The Hall–Kier alpha value is -1.04. The number of rotatable bonds is 2. The average molecular weight is 354 g/mol. The molecule has 1 aliphatic heterocycles. The van der Waals surface area contributed by atoms with Crippen LogP contribution in [0.3, 0.4) is 0 Å². The molecule has 1 unspecified atom stereocenters. The van der Waals surface area contributed by atoms with Crippen LogP contribution in [0.2, 0.25) is 0 Å². The summed E-state index contributed by atoms with van der Waals surface area (Å²) in [5.74, 6) is 1.57. The number of thiophene rings is 1. The summed E-state index contributed by atoms with van der Waals surface area (Å²) in [6.45, 7) is 3.46. The van der Waals surface area contributed by atoms with Crippen LogP contribution in [0.5, 0.6) is 11.5 Å². The lowest BCUT2D eigenvalue weighted by Gasteiger charge is -2.17. The molecule has 0 spiro atoms. The lowest BCUT2D eigenvalue weighted by Crippen LogP contribution is -2.12. The molecule has 106 valence electrons. The van der Waals surface area contributed by atoms with E-state index in [1.54, 1.807) is 11.3 Å². The first-order valence-electron chi connectivity index (χ1n) is 6.55. The maximum Gasteiger partial charge on any atom is 0.162 e. The van der Waals surface area contributed by atoms with Crippen LogP contribution in [0.15, 0.2) is 28.1 Å². The quantitative estimate of drug-likeness (QED) is 0.886. The lowest BCUT2D eigenvalue weighted by atomic mass is 10.0. The maximum atomic E-state index is 6.42. The summed E-state index contributed by atoms with van der Waals surface area (Å²) in [6, 6.07) is 5.89. The molecular weight excluding hydrogens is 338 g/mol. The third-order valence-corrected chi connectivity index (χ3v) is 5.17. The largest absolute Gasteiger partial charge is 0.490 e. The number of nitrogens with two attached hydrogens (primary N) is 1. The Morgan fingerprint density at radius 1 is 1.25 bits per heavy atom. The second-order valence-corrected chi connectivity index (χ2v) is 6.62. The number of fused-ring (bicyclic) bond motifs is 1. The van der Waals surface area contributed by atoms with Gasteiger partial charge < -0.3 is 15.2 Å². The smallest absolute Gasteiger partial charge is 0.162 e. The number of hydrogen-bond acceptors (Lipinski definition) is 4. The van der Waals surface area contributed by atoms with Crippen molar-refractivity contribution in [3.05, 3.63) is 44.1 Å². The van der Waals surface area contributed by atoms with E-state index in [-0.39, 0.29) is 6.04 Å². The van der Waals surface area contributed by atoms with Crippen molar-refractivity contribution in [3.63, 3.8) is 0 Å². The SMILES string of the molecule is Cc1ccsc1C(N)c1cc2c(cc1Br)OCCCO2. The zero-order valence-corrected chi connectivity index (χ0v) is 13.6. The lowest BCUT2D eigenvalue weighted by molar-refractivity contribution is 0.297. The number of halogens is 1. The highest BCUT2D eigenvalue weighted by Crippen LogP contribution is 2.39. The van der Waals surface area contributed by atoms with E-state index in [0.29, 0.717) is 13.2 Å². The molecule has 1 aliphatic rings. The first kappa shape index (κ1) is 13.9. The molecule has 2 aromatic rings. The average Bonchev–Trinajstić information content (AvgIpc) is 2.72. The Bertz CT molecular complexity index is 626. The molecule has 0 fully saturated rings. The van der Waals surface area contributed by atoms with Gasteiger partial charge in [0.1, 0.15) is 0 Å². The highest BCUT2D eigenvalue weighted by molar-refractivity contribution is 9.10. The molecule has 0 bridgehead atoms. The topological polar surface area (TPSA) is 44.5 Å². The van der Waals surface area contributed by atoms with Crippen molar-refractivity contribution in [2.24, 2.45) is 5.73 Å². The zero-order valence-electron chi connectivity index (χ0n) is 11.2. The summed E-state index contributed by atoms with van der Waals surface area (Å²) in [7, 11) is 0. The molecule has 2 heterocycles. The Kier molecular flexibility index (Phi) is 4.01. The Balaban J connectivity index is 2.01. The van der Waals surface area contributed by atoms with Crippen molar-refractivity contribution in [2.45, 2.75) is 19.4 Å². The molecule has 20 heavy (non-hydrogen) atoms. The van der Waals surface area contributed by atoms with Gasteiger partial charge in [0, 0.05) is 15.8 Å². The highest BCUT2D eigenvalue weighted by atomic mass is 79.9. The van der Waals surface area contributed by atoms with Crippen LogP contribution in [0.25, 0.3) is 0 Å². The van der Waals surface area contributed by atoms with E-state index in [0.717, 1.165) is 28.0 Å². The van der Waals surface area contributed by atoms with E-state index >= 15 is 0 Å². The second-order valence-electron chi connectivity index (χ2n) is 4.82. The minimum absolute atomic E-state index is 0.151. The number of ether oxygens (including phenoxy) is 2. The monoisotopic (exact) mass is 353 g/mol. The Morgan fingerprint density at radius 2 is 1.95 bits per heavy atom. The Labute approximate surface area is 130 Å². The van der Waals surface area contributed by atoms with E-state index in [2.05, 4.69) is 34.3 Å². The summed E-state index contributed by atoms with van der Waals surface area (Å²) in [5, 5.41) is 2.07. The minimum Gasteiger partial charge on any atom is -0.490 e. The van der Waals surface area contributed by atoms with Crippen LogP contribution in [-0.4, -0.2) is 13.2 Å². The normalized spacial score (nSPS) is 15.8. The number of aryl methyl sites for hydroxylation is 1. The molecule has 3 rings (SSSR count). The van der Waals surface area contributed by atoms with Gasteiger partial charge >= 0.3 is 0 Å². The molecule has 0 saturated heterocycles. The van der Waals surface area contributed by atoms with Crippen molar-refractivity contribution in [2.75, 3.05) is 13.2 Å². The predicted molar refractivity (Wildman–Crippen MR) is 84.8 cm³/mol. The maximum absolute atomic E-state index is 6.42. The van der Waals surface area contributed by atoms with E-state index in [9.17, 15) is 0 Å². The molecule has 1 aromatic carbocycles. The standard InChI is InChI=1S/C15H16BrNO2S/c1-9-3-6-20-15(9)14(17)10-7-12-13(8-11(10)16)19-5-2-4-18-12/h3,6-8,14H,2,4-5,17H2,1H3. The first-order chi connectivity index (χ1) is 9.66. The van der Waals surface area contributed by atoms with Gasteiger partial charge in [-0.25, -0.2) is 0 Å². The fraction of sp³-hybridized carbons (Fsp3) is 0.333. The van der Waals surface area contributed by atoms with Gasteiger partial charge in [-0.2, -0.15) is 0 Å². The van der Waals surface area contributed by atoms with Crippen molar-refractivity contribution in [1.82, 2.24) is 0 Å². The van der Waals surface area contributed by atoms with E-state index in [1.165, 1.54) is 10.4 Å². The summed E-state index contributed by atoms with van der Waals surface area (Å²) in [6.07, 6.45) is 0.901. The van der Waals surface area contributed by atoms with Gasteiger partial charge in [0.05, 0.1) is 19.3 Å². The fourth-order valence-corrected chi connectivity index (χ4v) is 3.80. The van der Waals surface area contributed by atoms with Crippen LogP contribution in [0.4, 0.5) is 0 Å². The molecule has 2 N–H and O–H groups in total. The van der Waals surface area contributed by atoms with Gasteiger partial charge in [-0.15, -0.1) is 11.3 Å². The van der Waals surface area contributed by atoms with Crippen LogP contribution in [0, 0.1) is 6.92 Å². The minimum atomic E-state index is -0.151. The van der Waals surface area contributed by atoms with Crippen molar-refractivity contribution < 1.29 is 9.47 Å². The van der Waals surface area contributed by atoms with Crippen LogP contribution < -0.4 is 15.2 Å². The summed E-state index contributed by atoms with van der Waals surface area (Å²) >= 11 is 5.29. The fourth-order valence-electron chi connectivity index (χ4n) is 2.28. The van der Waals surface area contributed by atoms with Gasteiger partial charge in [-0.05, 0) is 41.6 Å². The van der Waals surface area contributed by atoms with E-state index in [1.807, 2.05) is 12.1 Å². The molecular formula is C15H16BrNO2S. The third kappa shape index (κ3) is 2.57. The van der Waals surface area contributed by atoms with Crippen LogP contribution in [0.1, 0.15) is 28.5 Å². The number of benzene rings is 1. The first-order valence-corrected chi connectivity index (χ1v) is 8.22. The van der Waals surface area contributed by atoms with E-state index < -0.39 is 0 Å². The molecule has 0 saturated carbocycles. The molecule has 3 nitrogen and oxygen atoms in total. The zero-order chi connectivity index (χ0) is 14.1. The third-order valence-electron chi connectivity index (χ3n) is 3.39. The molecule has 1 aromatic heterocycles. The second kappa shape index (κ2) is 5.76. The highest BCUT2D eigenvalue weighted by Gasteiger charge is 2.20. The van der Waals surface area contributed by atoms with Crippen molar-refractivity contribution in [3.8, 4) is 11.5 Å². The summed E-state index contributed by atoms with van der Waals surface area (Å²) in [4.78, 5) is 1.18.